The Balaban J connectivity index is 2.18. The molecule has 2 heterocycles. The van der Waals surface area contributed by atoms with Crippen LogP contribution in [0.1, 0.15) is 30.7 Å². The summed E-state index contributed by atoms with van der Waals surface area (Å²) in [5, 5.41) is 0. The number of hydrogen-bond acceptors (Lipinski definition) is 4. The summed E-state index contributed by atoms with van der Waals surface area (Å²) in [6.07, 6.45) is 1.95. The standard InChI is InChI=1S/C16H25ClN2O2/c1-11-7-18-14(12(2)15(11)20-5)9-19-8-13(6-17)21-16(3,4)10-19/h7,13H,6,8-10H2,1-5H3. The molecule has 118 valence electrons. The van der Waals surface area contributed by atoms with Crippen LogP contribution in [0.5, 0.6) is 5.75 Å². The van der Waals surface area contributed by atoms with E-state index in [1.807, 2.05) is 13.1 Å². The van der Waals surface area contributed by atoms with Crippen LogP contribution in [-0.4, -0.2) is 47.7 Å². The van der Waals surface area contributed by atoms with Crippen molar-refractivity contribution in [3.63, 3.8) is 0 Å². The molecule has 1 fully saturated rings. The van der Waals surface area contributed by atoms with Crippen molar-refractivity contribution in [3.05, 3.63) is 23.0 Å². The van der Waals surface area contributed by atoms with E-state index in [-0.39, 0.29) is 11.7 Å². The summed E-state index contributed by atoms with van der Waals surface area (Å²) in [6.45, 7) is 10.8. The Morgan fingerprint density at radius 2 is 2.19 bits per heavy atom. The van der Waals surface area contributed by atoms with Crippen molar-refractivity contribution >= 4 is 11.6 Å². The summed E-state index contributed by atoms with van der Waals surface area (Å²) in [7, 11) is 1.71. The van der Waals surface area contributed by atoms with E-state index >= 15 is 0 Å². The van der Waals surface area contributed by atoms with E-state index in [2.05, 4.69) is 30.7 Å². The normalized spacial score (nSPS) is 22.3. The van der Waals surface area contributed by atoms with E-state index in [0.29, 0.717) is 5.88 Å². The quantitative estimate of drug-likeness (QED) is 0.801. The maximum Gasteiger partial charge on any atom is 0.128 e. The van der Waals surface area contributed by atoms with Crippen molar-refractivity contribution in [1.82, 2.24) is 9.88 Å². The van der Waals surface area contributed by atoms with Crippen LogP contribution in [-0.2, 0) is 11.3 Å². The van der Waals surface area contributed by atoms with Crippen molar-refractivity contribution in [2.45, 2.75) is 45.9 Å². The van der Waals surface area contributed by atoms with E-state index in [0.717, 1.165) is 42.2 Å². The molecule has 0 spiro atoms. The third-order valence-corrected chi connectivity index (χ3v) is 4.19. The zero-order valence-electron chi connectivity index (χ0n) is 13.6. The molecule has 0 saturated carbocycles. The maximum atomic E-state index is 5.99. The Kier molecular flexibility index (Phi) is 5.12. The van der Waals surface area contributed by atoms with Crippen LogP contribution < -0.4 is 4.74 Å². The Labute approximate surface area is 132 Å². The van der Waals surface area contributed by atoms with Crippen molar-refractivity contribution in [1.29, 1.82) is 0 Å². The highest BCUT2D eigenvalue weighted by atomic mass is 35.5. The van der Waals surface area contributed by atoms with Crippen molar-refractivity contribution in [2.75, 3.05) is 26.1 Å². The van der Waals surface area contributed by atoms with Crippen LogP contribution in [0.2, 0.25) is 0 Å². The molecule has 4 nitrogen and oxygen atoms in total. The van der Waals surface area contributed by atoms with Gasteiger partial charge in [-0.3, -0.25) is 9.88 Å². The highest BCUT2D eigenvalue weighted by Crippen LogP contribution is 2.27. The molecule has 5 heteroatoms. The summed E-state index contributed by atoms with van der Waals surface area (Å²) >= 11 is 5.99. The summed E-state index contributed by atoms with van der Waals surface area (Å²) in [6, 6.07) is 0. The summed E-state index contributed by atoms with van der Waals surface area (Å²) in [5.41, 5.74) is 3.06. The highest BCUT2D eigenvalue weighted by molar-refractivity contribution is 6.18. The zero-order valence-corrected chi connectivity index (χ0v) is 14.3. The van der Waals surface area contributed by atoms with Gasteiger partial charge in [0.2, 0.25) is 0 Å². The van der Waals surface area contributed by atoms with E-state index in [1.54, 1.807) is 7.11 Å². The largest absolute Gasteiger partial charge is 0.496 e. The summed E-state index contributed by atoms with van der Waals surface area (Å²) in [5.74, 6) is 1.45. The van der Waals surface area contributed by atoms with E-state index in [4.69, 9.17) is 21.1 Å². The molecular weight excluding hydrogens is 288 g/mol. The van der Waals surface area contributed by atoms with E-state index in [1.165, 1.54) is 0 Å². The third-order valence-electron chi connectivity index (χ3n) is 3.85. The van der Waals surface area contributed by atoms with E-state index in [9.17, 15) is 0 Å². The van der Waals surface area contributed by atoms with Crippen molar-refractivity contribution in [3.8, 4) is 5.75 Å². The Morgan fingerprint density at radius 1 is 1.48 bits per heavy atom. The minimum atomic E-state index is -0.180. The molecule has 0 amide bonds. The first-order chi connectivity index (χ1) is 9.86. The van der Waals surface area contributed by atoms with Gasteiger partial charge in [0.15, 0.2) is 0 Å². The smallest absolute Gasteiger partial charge is 0.128 e. The SMILES string of the molecule is COc1c(C)cnc(CN2CC(CCl)OC(C)(C)C2)c1C. The fourth-order valence-electron chi connectivity index (χ4n) is 3.06. The van der Waals surface area contributed by atoms with Gasteiger partial charge in [-0.25, -0.2) is 0 Å². The predicted molar refractivity (Wildman–Crippen MR) is 85.2 cm³/mol. The predicted octanol–water partition coefficient (Wildman–Crippen LogP) is 2.93. The van der Waals surface area contributed by atoms with Crippen LogP contribution in [0, 0.1) is 13.8 Å². The second kappa shape index (κ2) is 6.51. The molecule has 1 aliphatic rings. The van der Waals surface area contributed by atoms with Gasteiger partial charge in [0, 0.05) is 42.8 Å². The van der Waals surface area contributed by atoms with E-state index < -0.39 is 0 Å². The fraction of sp³-hybridized carbons (Fsp3) is 0.688. The Bertz CT molecular complexity index is 505. The van der Waals surface area contributed by atoms with Crippen LogP contribution in [0.15, 0.2) is 6.20 Å². The first-order valence-electron chi connectivity index (χ1n) is 7.31. The highest BCUT2D eigenvalue weighted by Gasteiger charge is 2.33. The number of aryl methyl sites for hydroxylation is 1. The number of morpholine rings is 1. The van der Waals surface area contributed by atoms with Gasteiger partial charge < -0.3 is 9.47 Å². The molecule has 0 aliphatic carbocycles. The molecule has 1 saturated heterocycles. The molecule has 0 radical (unpaired) electrons. The van der Waals surface area contributed by atoms with Crippen molar-refractivity contribution < 1.29 is 9.47 Å². The Hall–Kier alpha value is -0.840. The summed E-state index contributed by atoms with van der Waals surface area (Å²) < 4.78 is 11.5. The fourth-order valence-corrected chi connectivity index (χ4v) is 3.22. The summed E-state index contributed by atoms with van der Waals surface area (Å²) in [4.78, 5) is 6.95. The van der Waals surface area contributed by atoms with Crippen LogP contribution in [0.3, 0.4) is 0 Å². The monoisotopic (exact) mass is 312 g/mol. The molecule has 0 N–H and O–H groups in total. The minimum absolute atomic E-state index is 0.0723. The lowest BCUT2D eigenvalue weighted by Gasteiger charge is -2.42. The van der Waals surface area contributed by atoms with Gasteiger partial charge in [0.25, 0.3) is 0 Å². The molecule has 0 aromatic carbocycles. The number of ether oxygens (including phenoxy) is 2. The lowest BCUT2D eigenvalue weighted by Crippen LogP contribution is -2.53. The molecule has 1 aromatic heterocycles. The first kappa shape index (κ1) is 16.5. The average molecular weight is 313 g/mol. The maximum absolute atomic E-state index is 5.99. The van der Waals surface area contributed by atoms with Crippen LogP contribution in [0.25, 0.3) is 0 Å². The van der Waals surface area contributed by atoms with Gasteiger partial charge >= 0.3 is 0 Å². The lowest BCUT2D eigenvalue weighted by atomic mass is 10.0. The topological polar surface area (TPSA) is 34.6 Å². The number of rotatable bonds is 4. The number of aromatic nitrogens is 1. The number of alkyl halides is 1. The van der Waals surface area contributed by atoms with Gasteiger partial charge in [-0.15, -0.1) is 11.6 Å². The molecule has 1 atom stereocenters. The van der Waals surface area contributed by atoms with Gasteiger partial charge in [-0.05, 0) is 27.7 Å². The minimum Gasteiger partial charge on any atom is -0.496 e. The Morgan fingerprint density at radius 3 is 2.81 bits per heavy atom. The average Bonchev–Trinajstić information content (AvgIpc) is 2.41. The molecule has 21 heavy (non-hydrogen) atoms. The first-order valence-corrected chi connectivity index (χ1v) is 7.85. The number of pyridine rings is 1. The molecule has 1 unspecified atom stereocenters. The molecular formula is C16H25ClN2O2. The number of methoxy groups -OCH3 is 1. The number of hydrogen-bond donors (Lipinski definition) is 0. The van der Waals surface area contributed by atoms with Crippen LogP contribution in [0.4, 0.5) is 0 Å². The van der Waals surface area contributed by atoms with Gasteiger partial charge in [-0.2, -0.15) is 0 Å². The number of halogens is 1. The zero-order chi connectivity index (χ0) is 15.6. The molecule has 2 rings (SSSR count). The van der Waals surface area contributed by atoms with Gasteiger partial charge in [-0.1, -0.05) is 0 Å². The number of nitrogens with zero attached hydrogens (tertiary/aromatic N) is 2. The molecule has 0 bridgehead atoms. The van der Waals surface area contributed by atoms with Crippen molar-refractivity contribution in [2.24, 2.45) is 0 Å². The molecule has 1 aliphatic heterocycles. The lowest BCUT2D eigenvalue weighted by molar-refractivity contribution is -0.129. The van der Waals surface area contributed by atoms with Gasteiger partial charge in [0.05, 0.1) is 24.5 Å². The second-order valence-corrected chi connectivity index (χ2v) is 6.68. The van der Waals surface area contributed by atoms with Crippen LogP contribution >= 0.6 is 11.6 Å². The molecule has 1 aromatic rings. The van der Waals surface area contributed by atoms with Gasteiger partial charge in [0.1, 0.15) is 5.75 Å². The third kappa shape index (κ3) is 3.87. The second-order valence-electron chi connectivity index (χ2n) is 6.37.